The zero-order chi connectivity index (χ0) is 39.8. The summed E-state index contributed by atoms with van der Waals surface area (Å²) in [4.78, 5) is 0. The molecule has 0 unspecified atom stereocenters. The van der Waals surface area contributed by atoms with Crippen molar-refractivity contribution in [3.05, 3.63) is 0 Å². The summed E-state index contributed by atoms with van der Waals surface area (Å²) in [5.74, 6) is -0.276. The van der Waals surface area contributed by atoms with Crippen LogP contribution in [-0.2, 0) is 23.7 Å². The lowest BCUT2D eigenvalue weighted by atomic mass is 9.32. The maximum absolute atomic E-state index is 12.2. The summed E-state index contributed by atoms with van der Waals surface area (Å²) >= 11 is 0. The fraction of sp³-hybridized carbons (Fsp3) is 1.00. The maximum atomic E-state index is 12.2. The highest BCUT2D eigenvalue weighted by Gasteiger charge is 2.76. The van der Waals surface area contributed by atoms with Gasteiger partial charge in [0.25, 0.3) is 0 Å². The Labute approximate surface area is 320 Å². The third-order valence-corrected chi connectivity index (χ3v) is 17.4. The van der Waals surface area contributed by atoms with E-state index in [2.05, 4.69) is 48.5 Å². The molecular weight excluding hydrogens is 700 g/mol. The van der Waals surface area contributed by atoms with Crippen molar-refractivity contribution in [3.8, 4) is 0 Å². The molecule has 0 bridgehead atoms. The average Bonchev–Trinajstić information content (AvgIpc) is 3.58. The monoisotopic (exact) mass is 770 g/mol. The lowest BCUT2D eigenvalue weighted by molar-refractivity contribution is -0.347. The molecule has 312 valence electrons. The van der Waals surface area contributed by atoms with Crippen LogP contribution >= 0.6 is 0 Å². The zero-order valence-corrected chi connectivity index (χ0v) is 33.9. The molecule has 0 aromatic carbocycles. The second kappa shape index (κ2) is 13.5. The summed E-state index contributed by atoms with van der Waals surface area (Å²) in [6.45, 7) is 19.1. The van der Waals surface area contributed by atoms with Crippen LogP contribution in [0.15, 0.2) is 0 Å². The second-order valence-corrected chi connectivity index (χ2v) is 21.0. The third kappa shape index (κ3) is 5.95. The molecule has 4 aliphatic carbocycles. The molecule has 8 N–H and O–H groups in total. The normalized spacial score (nSPS) is 57.6. The third-order valence-electron chi connectivity index (χ3n) is 17.4. The molecule has 7 aliphatic rings. The first kappa shape index (κ1) is 41.6. The van der Waals surface area contributed by atoms with Gasteiger partial charge < -0.3 is 64.5 Å². The Kier molecular flexibility index (Phi) is 10.4. The van der Waals surface area contributed by atoms with Crippen LogP contribution in [-0.4, -0.2) is 139 Å². The molecule has 3 saturated heterocycles. The average molecular weight is 771 g/mol. The van der Waals surface area contributed by atoms with Crippen molar-refractivity contribution in [1.82, 2.24) is 0 Å². The minimum atomic E-state index is -1.47. The molecule has 54 heavy (non-hydrogen) atoms. The largest absolute Gasteiger partial charge is 0.393 e. The van der Waals surface area contributed by atoms with E-state index in [1.54, 1.807) is 13.8 Å². The summed E-state index contributed by atoms with van der Waals surface area (Å²) < 4.78 is 31.8. The molecule has 13 nitrogen and oxygen atoms in total. The Morgan fingerprint density at radius 2 is 1.13 bits per heavy atom. The molecule has 20 atom stereocenters. The summed E-state index contributed by atoms with van der Waals surface area (Å²) in [5.41, 5.74) is -3.47. The number of hydrogen-bond acceptors (Lipinski definition) is 13. The van der Waals surface area contributed by atoms with Crippen LogP contribution in [0.4, 0.5) is 0 Å². The predicted molar refractivity (Wildman–Crippen MR) is 194 cm³/mol. The second-order valence-electron chi connectivity index (χ2n) is 21.0. The van der Waals surface area contributed by atoms with Crippen molar-refractivity contribution in [2.45, 2.75) is 199 Å². The smallest absolute Gasteiger partial charge is 0.186 e. The van der Waals surface area contributed by atoms with Gasteiger partial charge in [-0.05, 0) is 111 Å². The van der Waals surface area contributed by atoms with E-state index in [0.717, 1.165) is 32.1 Å². The first-order valence-corrected chi connectivity index (χ1v) is 20.6. The van der Waals surface area contributed by atoms with Crippen molar-refractivity contribution < 1.29 is 64.5 Å². The van der Waals surface area contributed by atoms with E-state index in [1.165, 1.54) is 0 Å². The number of rotatable bonds is 6. The molecule has 0 spiro atoms. The standard InChI is InChI=1S/C41H70O13/c1-35(2)25(53-34-30(48)28(46)22(44)19-51-34)10-12-38(6)32(35)23(52-33-29(47)27(45)21(43)18-50-33)16-24-37(38,5)14-15-39(7)31(20(42)17-40(24,39)8)41(9)13-11-26(54-41)36(3,4)49/h20-34,42-49H,10-19H2,1-9H3/t20-,21+,22+,23-,24+,25-,26-,27-,28-,29+,30+,31-,32-,33-,34-,37+,38-,39+,40-,41+/m0/s1. The summed E-state index contributed by atoms with van der Waals surface area (Å²) in [6, 6.07) is 0. The van der Waals surface area contributed by atoms with Gasteiger partial charge in [-0.15, -0.1) is 0 Å². The van der Waals surface area contributed by atoms with Gasteiger partial charge in [0.15, 0.2) is 12.6 Å². The molecule has 3 heterocycles. The van der Waals surface area contributed by atoms with Gasteiger partial charge in [0.2, 0.25) is 0 Å². The number of aliphatic hydroxyl groups excluding tert-OH is 7. The highest BCUT2D eigenvalue weighted by Crippen LogP contribution is 2.79. The SMILES string of the molecule is CC(C)(O)[C@@H]1CC[C@](C)([C@H]2[C@@H](O)C[C@@]3(C)[C@@H]4C[C@H](O[C@@H]5OC[C@@H](O)[C@H](O)[C@H]5O)[C@H]5C(C)(C)[C@@H](O[C@@H]6OC[C@@H](O)[C@H](O)[C@H]6O)CC[C@]5(C)[C@]4(C)CC[C@]23C)O1. The van der Waals surface area contributed by atoms with E-state index in [0.29, 0.717) is 19.3 Å². The minimum Gasteiger partial charge on any atom is -0.393 e. The number of hydrogen-bond donors (Lipinski definition) is 8. The van der Waals surface area contributed by atoms with E-state index >= 15 is 0 Å². The van der Waals surface area contributed by atoms with Gasteiger partial charge in [-0.1, -0.05) is 41.5 Å². The lowest BCUT2D eigenvalue weighted by Gasteiger charge is -2.73. The first-order chi connectivity index (χ1) is 24.9. The molecule has 3 aliphatic heterocycles. The fourth-order valence-electron chi connectivity index (χ4n) is 14.2. The summed E-state index contributed by atoms with van der Waals surface area (Å²) in [6.07, 6.45) is -6.60. The number of fused-ring (bicyclic) bond motifs is 5. The quantitative estimate of drug-likeness (QED) is 0.182. The van der Waals surface area contributed by atoms with Gasteiger partial charge in [-0.3, -0.25) is 0 Å². The predicted octanol–water partition coefficient (Wildman–Crippen LogP) is 2.00. The molecule has 0 radical (unpaired) electrons. The van der Waals surface area contributed by atoms with Crippen LogP contribution in [0.3, 0.4) is 0 Å². The van der Waals surface area contributed by atoms with Crippen LogP contribution in [0.2, 0.25) is 0 Å². The maximum Gasteiger partial charge on any atom is 0.186 e. The van der Waals surface area contributed by atoms with Crippen LogP contribution in [0.25, 0.3) is 0 Å². The molecular formula is C41H70O13. The van der Waals surface area contributed by atoms with Crippen molar-refractivity contribution >= 4 is 0 Å². The van der Waals surface area contributed by atoms with Crippen LogP contribution in [0, 0.1) is 44.8 Å². The van der Waals surface area contributed by atoms with Crippen LogP contribution in [0.1, 0.15) is 114 Å². The van der Waals surface area contributed by atoms with E-state index in [1.807, 2.05) is 0 Å². The fourth-order valence-corrected chi connectivity index (χ4v) is 14.2. The van der Waals surface area contributed by atoms with Crippen LogP contribution < -0.4 is 0 Å². The topological polar surface area (TPSA) is 208 Å². The van der Waals surface area contributed by atoms with Gasteiger partial charge >= 0.3 is 0 Å². The van der Waals surface area contributed by atoms with E-state index < -0.39 is 84.1 Å². The first-order valence-electron chi connectivity index (χ1n) is 20.6. The van der Waals surface area contributed by atoms with E-state index in [9.17, 15) is 40.9 Å². The molecule has 0 aromatic heterocycles. The Morgan fingerprint density at radius 1 is 0.593 bits per heavy atom. The molecule has 0 aromatic rings. The van der Waals surface area contributed by atoms with Gasteiger partial charge in [0, 0.05) is 5.92 Å². The number of ether oxygens (including phenoxy) is 5. The van der Waals surface area contributed by atoms with Crippen molar-refractivity contribution in [3.63, 3.8) is 0 Å². The molecule has 7 rings (SSSR count). The molecule has 7 fully saturated rings. The summed E-state index contributed by atoms with van der Waals surface area (Å²) in [5, 5.41) is 86.7. The van der Waals surface area contributed by atoms with Gasteiger partial charge in [0.1, 0.15) is 36.6 Å². The summed E-state index contributed by atoms with van der Waals surface area (Å²) in [7, 11) is 0. The zero-order valence-electron chi connectivity index (χ0n) is 33.9. The Bertz CT molecular complexity index is 1390. The van der Waals surface area contributed by atoms with Crippen LogP contribution in [0.5, 0.6) is 0 Å². The highest BCUT2D eigenvalue weighted by atomic mass is 16.7. The van der Waals surface area contributed by atoms with Crippen molar-refractivity contribution in [2.24, 2.45) is 44.8 Å². The molecule has 13 heteroatoms. The minimum absolute atomic E-state index is 0.0642. The van der Waals surface area contributed by atoms with Gasteiger partial charge in [-0.2, -0.15) is 0 Å². The molecule has 4 saturated carbocycles. The van der Waals surface area contributed by atoms with Gasteiger partial charge in [0.05, 0.1) is 48.8 Å². The van der Waals surface area contributed by atoms with Crippen molar-refractivity contribution in [1.29, 1.82) is 0 Å². The highest BCUT2D eigenvalue weighted by molar-refractivity contribution is 5.25. The van der Waals surface area contributed by atoms with E-state index in [4.69, 9.17) is 23.7 Å². The Morgan fingerprint density at radius 3 is 1.69 bits per heavy atom. The number of aliphatic hydroxyl groups is 8. The van der Waals surface area contributed by atoms with Gasteiger partial charge in [-0.25, -0.2) is 0 Å². The Balaban J connectivity index is 1.26. The van der Waals surface area contributed by atoms with E-state index in [-0.39, 0.29) is 58.7 Å². The van der Waals surface area contributed by atoms with Crippen molar-refractivity contribution in [2.75, 3.05) is 13.2 Å². The molecule has 0 amide bonds. The lowest BCUT2D eigenvalue weighted by Crippen LogP contribution is -2.71. The Hall–Kier alpha value is -0.520.